The molecule has 4 heteroatoms. The molecule has 84 valence electrons. The number of aliphatic imine (C=N–C) groups is 1. The van der Waals surface area contributed by atoms with E-state index in [1.807, 2.05) is 25.1 Å². The molecule has 1 atom stereocenters. The lowest BCUT2D eigenvalue weighted by atomic mass is 10.0. The number of rotatable bonds is 2. The van der Waals surface area contributed by atoms with Crippen LogP contribution in [0.25, 0.3) is 0 Å². The van der Waals surface area contributed by atoms with Gasteiger partial charge in [-0.2, -0.15) is 4.99 Å². The van der Waals surface area contributed by atoms with Gasteiger partial charge >= 0.3 is 0 Å². The van der Waals surface area contributed by atoms with Gasteiger partial charge in [0.25, 0.3) is 0 Å². The number of nitrogens with zero attached hydrogens (tertiary/aromatic N) is 1. The molecule has 1 unspecified atom stereocenters. The molecule has 1 aromatic rings. The van der Waals surface area contributed by atoms with E-state index in [2.05, 4.69) is 22.4 Å². The average molecular weight is 235 g/mol. The summed E-state index contributed by atoms with van der Waals surface area (Å²) in [7, 11) is 0. The summed E-state index contributed by atoms with van der Waals surface area (Å²) >= 11 is 4.67. The lowest BCUT2D eigenvalue weighted by molar-refractivity contribution is -0.0899. The van der Waals surface area contributed by atoms with E-state index in [0.29, 0.717) is 19.8 Å². The van der Waals surface area contributed by atoms with E-state index >= 15 is 0 Å². The van der Waals surface area contributed by atoms with Gasteiger partial charge in [0.05, 0.1) is 30.7 Å². The molecule has 1 aromatic carbocycles. The minimum absolute atomic E-state index is 0.0456. The Hall–Kier alpha value is -1.06. The maximum Gasteiger partial charge on any atom is 0.108 e. The summed E-state index contributed by atoms with van der Waals surface area (Å²) in [5, 5.41) is 2.42. The van der Waals surface area contributed by atoms with Gasteiger partial charge in [-0.05, 0) is 24.7 Å². The molecule has 0 radical (unpaired) electrons. The summed E-state index contributed by atoms with van der Waals surface area (Å²) in [4.78, 5) is 4.11. The first kappa shape index (κ1) is 11.4. The second-order valence-corrected chi connectivity index (χ2v) is 3.83. The molecule has 0 aromatic heterocycles. The molecule has 1 aliphatic rings. The fourth-order valence-electron chi connectivity index (χ4n) is 1.81. The van der Waals surface area contributed by atoms with Gasteiger partial charge in [0.1, 0.15) is 6.10 Å². The van der Waals surface area contributed by atoms with Gasteiger partial charge in [0, 0.05) is 5.56 Å². The van der Waals surface area contributed by atoms with E-state index in [4.69, 9.17) is 9.47 Å². The number of hydrogen-bond donors (Lipinski definition) is 0. The number of hydrogen-bond acceptors (Lipinski definition) is 4. The fourth-order valence-corrected chi connectivity index (χ4v) is 1.90. The van der Waals surface area contributed by atoms with E-state index in [-0.39, 0.29) is 6.10 Å². The molecule has 16 heavy (non-hydrogen) atoms. The summed E-state index contributed by atoms with van der Waals surface area (Å²) in [5.41, 5.74) is 2.95. The molecule has 0 saturated carbocycles. The lowest BCUT2D eigenvalue weighted by Crippen LogP contribution is -2.22. The molecule has 3 nitrogen and oxygen atoms in total. The Labute approximate surface area is 100 Å². The lowest BCUT2D eigenvalue weighted by Gasteiger charge is -2.24. The van der Waals surface area contributed by atoms with Crippen LogP contribution in [-0.2, 0) is 9.47 Å². The quantitative estimate of drug-likeness (QED) is 0.583. The van der Waals surface area contributed by atoms with Crippen LogP contribution in [0.4, 0.5) is 5.69 Å². The number of para-hydroxylation sites is 1. The zero-order valence-corrected chi connectivity index (χ0v) is 9.92. The normalized spacial score (nSPS) is 20.2. The molecule has 1 heterocycles. The average Bonchev–Trinajstić information content (AvgIpc) is 2.33. The van der Waals surface area contributed by atoms with Crippen molar-refractivity contribution in [3.05, 3.63) is 29.3 Å². The van der Waals surface area contributed by atoms with Crippen LogP contribution < -0.4 is 0 Å². The van der Waals surface area contributed by atoms with Gasteiger partial charge in [-0.15, -0.1) is 0 Å². The van der Waals surface area contributed by atoms with Crippen molar-refractivity contribution in [2.75, 3.05) is 19.8 Å². The molecule has 1 fully saturated rings. The molecule has 2 rings (SSSR count). The molecular weight excluding hydrogens is 222 g/mol. The van der Waals surface area contributed by atoms with Crippen molar-refractivity contribution >= 4 is 23.1 Å². The highest BCUT2D eigenvalue weighted by molar-refractivity contribution is 7.78. The van der Waals surface area contributed by atoms with E-state index in [1.54, 1.807) is 0 Å². The van der Waals surface area contributed by atoms with Gasteiger partial charge in [-0.3, -0.25) is 0 Å². The van der Waals surface area contributed by atoms with Crippen LogP contribution in [0.3, 0.4) is 0 Å². The molecular formula is C12H13NO2S. The Morgan fingerprint density at radius 1 is 1.44 bits per heavy atom. The number of thiocarbonyl (C=S) groups is 1. The molecule has 1 aliphatic heterocycles. The smallest absolute Gasteiger partial charge is 0.108 e. The third kappa shape index (κ3) is 2.36. The minimum atomic E-state index is -0.0456. The monoisotopic (exact) mass is 235 g/mol. The standard InChI is InChI=1S/C12H13NO2S/c1-9-3-2-4-10(12(9)13-8-16)11-7-14-5-6-15-11/h2-4,11H,5-7H2,1H3. The van der Waals surface area contributed by atoms with Crippen molar-refractivity contribution in [2.45, 2.75) is 13.0 Å². The number of aryl methyl sites for hydroxylation is 1. The van der Waals surface area contributed by atoms with Gasteiger partial charge in [-0.1, -0.05) is 18.2 Å². The number of ether oxygens (including phenoxy) is 2. The van der Waals surface area contributed by atoms with Gasteiger partial charge in [0.2, 0.25) is 0 Å². The Morgan fingerprint density at radius 2 is 2.31 bits per heavy atom. The predicted molar refractivity (Wildman–Crippen MR) is 65.4 cm³/mol. The minimum Gasteiger partial charge on any atom is -0.376 e. The van der Waals surface area contributed by atoms with E-state index in [0.717, 1.165) is 16.8 Å². The van der Waals surface area contributed by atoms with Gasteiger partial charge in [-0.25, -0.2) is 0 Å². The van der Waals surface area contributed by atoms with Gasteiger partial charge in [0.15, 0.2) is 0 Å². The Morgan fingerprint density at radius 3 is 3.00 bits per heavy atom. The summed E-state index contributed by atoms with van der Waals surface area (Å²) in [6.45, 7) is 3.86. The molecule has 0 bridgehead atoms. The van der Waals surface area contributed by atoms with Crippen LogP contribution in [0.5, 0.6) is 0 Å². The van der Waals surface area contributed by atoms with Gasteiger partial charge < -0.3 is 9.47 Å². The van der Waals surface area contributed by atoms with Crippen LogP contribution in [0.1, 0.15) is 17.2 Å². The zero-order chi connectivity index (χ0) is 11.4. The Balaban J connectivity index is 2.38. The third-order valence-corrected chi connectivity index (χ3v) is 2.68. The largest absolute Gasteiger partial charge is 0.376 e. The molecule has 0 aliphatic carbocycles. The highest BCUT2D eigenvalue weighted by Crippen LogP contribution is 2.32. The first-order valence-corrected chi connectivity index (χ1v) is 5.60. The SMILES string of the molecule is Cc1cccc(C2COCCO2)c1N=C=S. The highest BCUT2D eigenvalue weighted by atomic mass is 32.1. The maximum atomic E-state index is 5.66. The topological polar surface area (TPSA) is 30.8 Å². The van der Waals surface area contributed by atoms with E-state index in [9.17, 15) is 0 Å². The summed E-state index contributed by atoms with van der Waals surface area (Å²) in [5.74, 6) is 0. The van der Waals surface area contributed by atoms with Crippen LogP contribution in [0, 0.1) is 6.92 Å². The molecule has 0 spiro atoms. The summed E-state index contributed by atoms with van der Waals surface area (Å²) in [6, 6.07) is 5.99. The van der Waals surface area contributed by atoms with Crippen molar-refractivity contribution in [3.8, 4) is 0 Å². The Kier molecular flexibility index (Phi) is 3.80. The first-order valence-electron chi connectivity index (χ1n) is 5.19. The van der Waals surface area contributed by atoms with Crippen LogP contribution in [0.2, 0.25) is 0 Å². The second kappa shape index (κ2) is 5.32. The number of benzene rings is 1. The van der Waals surface area contributed by atoms with Crippen LogP contribution in [-0.4, -0.2) is 25.0 Å². The van der Waals surface area contributed by atoms with Crippen molar-refractivity contribution in [1.29, 1.82) is 0 Å². The first-order chi connectivity index (χ1) is 7.83. The summed E-state index contributed by atoms with van der Waals surface area (Å²) in [6.07, 6.45) is -0.0456. The maximum absolute atomic E-state index is 5.66. The van der Waals surface area contributed by atoms with Crippen LogP contribution >= 0.6 is 12.2 Å². The zero-order valence-electron chi connectivity index (χ0n) is 9.10. The van der Waals surface area contributed by atoms with Crippen LogP contribution in [0.15, 0.2) is 23.2 Å². The van der Waals surface area contributed by atoms with E-state index in [1.165, 1.54) is 0 Å². The second-order valence-electron chi connectivity index (χ2n) is 3.65. The molecule has 0 amide bonds. The molecule has 1 saturated heterocycles. The summed E-state index contributed by atoms with van der Waals surface area (Å²) < 4.78 is 11.1. The fraction of sp³-hybridized carbons (Fsp3) is 0.417. The Bertz CT molecular complexity index is 421. The van der Waals surface area contributed by atoms with E-state index < -0.39 is 0 Å². The predicted octanol–water partition coefficient (Wildman–Crippen LogP) is 2.82. The van der Waals surface area contributed by atoms with Crippen molar-refractivity contribution in [3.63, 3.8) is 0 Å². The van der Waals surface area contributed by atoms with Crippen molar-refractivity contribution < 1.29 is 9.47 Å². The third-order valence-electron chi connectivity index (χ3n) is 2.59. The molecule has 0 N–H and O–H groups in total. The van der Waals surface area contributed by atoms with Crippen molar-refractivity contribution in [2.24, 2.45) is 4.99 Å². The number of isothiocyanates is 1. The van der Waals surface area contributed by atoms with Crippen molar-refractivity contribution in [1.82, 2.24) is 0 Å². The highest BCUT2D eigenvalue weighted by Gasteiger charge is 2.20.